The predicted octanol–water partition coefficient (Wildman–Crippen LogP) is 2.82. The fraction of sp³-hybridized carbons (Fsp3) is 0.333. The van der Waals surface area contributed by atoms with E-state index in [1.165, 1.54) is 12.1 Å². The Morgan fingerprint density at radius 3 is 2.67 bits per heavy atom. The number of esters is 1. The Morgan fingerprint density at radius 1 is 1.38 bits per heavy atom. The van der Waals surface area contributed by atoms with Crippen LogP contribution in [0.2, 0.25) is 0 Å². The minimum Gasteiger partial charge on any atom is -0.458 e. The molecule has 0 aliphatic heterocycles. The van der Waals surface area contributed by atoms with Crippen LogP contribution in [0.5, 0.6) is 0 Å². The van der Waals surface area contributed by atoms with Gasteiger partial charge < -0.3 is 15.0 Å². The first-order valence-electron chi connectivity index (χ1n) is 6.48. The summed E-state index contributed by atoms with van der Waals surface area (Å²) in [7, 11) is 0. The van der Waals surface area contributed by atoms with E-state index in [9.17, 15) is 9.18 Å². The number of carbonyl (C=O) groups excluding carboxylic acids is 1. The molecule has 6 heteroatoms. The molecule has 0 spiro atoms. The molecule has 1 aromatic carbocycles. The van der Waals surface area contributed by atoms with Gasteiger partial charge in [0, 0.05) is 11.6 Å². The van der Waals surface area contributed by atoms with Gasteiger partial charge in [-0.05, 0) is 32.9 Å². The smallest absolute Gasteiger partial charge is 0.331 e. The fourth-order valence-electron chi connectivity index (χ4n) is 1.71. The molecule has 0 saturated heterocycles. The summed E-state index contributed by atoms with van der Waals surface area (Å²) in [5, 5.41) is 3.74. The number of benzene rings is 1. The van der Waals surface area contributed by atoms with E-state index in [-0.39, 0.29) is 17.0 Å². The van der Waals surface area contributed by atoms with E-state index < -0.39 is 23.4 Å². The first-order valence-corrected chi connectivity index (χ1v) is 6.48. The normalized spacial score (nSPS) is 13.0. The van der Waals surface area contributed by atoms with E-state index in [0.29, 0.717) is 0 Å². The van der Waals surface area contributed by atoms with E-state index in [2.05, 4.69) is 5.16 Å². The second-order valence-electron chi connectivity index (χ2n) is 5.61. The second-order valence-corrected chi connectivity index (χ2v) is 5.61. The molecule has 0 fully saturated rings. The highest BCUT2D eigenvalue weighted by Gasteiger charge is 2.27. The summed E-state index contributed by atoms with van der Waals surface area (Å²) in [5.74, 6) is -0.926. The van der Waals surface area contributed by atoms with Crippen LogP contribution in [0.15, 0.2) is 34.9 Å². The average molecular weight is 292 g/mol. The van der Waals surface area contributed by atoms with Crippen molar-refractivity contribution >= 4 is 5.97 Å². The Hall–Kier alpha value is -2.21. The lowest BCUT2D eigenvalue weighted by Crippen LogP contribution is -2.31. The van der Waals surface area contributed by atoms with E-state index in [4.69, 9.17) is 15.0 Å². The Kier molecular flexibility index (Phi) is 4.09. The van der Waals surface area contributed by atoms with Crippen molar-refractivity contribution in [3.63, 3.8) is 0 Å². The number of carbonyl (C=O) groups is 1. The molecule has 0 saturated carbocycles. The minimum absolute atomic E-state index is 0.127. The topological polar surface area (TPSA) is 78.4 Å². The van der Waals surface area contributed by atoms with Crippen LogP contribution < -0.4 is 5.73 Å². The molecule has 1 atom stereocenters. The zero-order valence-corrected chi connectivity index (χ0v) is 12.1. The monoisotopic (exact) mass is 292 g/mol. The van der Waals surface area contributed by atoms with Crippen LogP contribution in [0.1, 0.15) is 32.6 Å². The van der Waals surface area contributed by atoms with Crippen LogP contribution in [-0.2, 0) is 9.53 Å². The Bertz CT molecular complexity index is 646. The zero-order chi connectivity index (χ0) is 15.6. The highest BCUT2D eigenvalue weighted by atomic mass is 19.1. The number of rotatable bonds is 3. The molecule has 2 aromatic rings. The van der Waals surface area contributed by atoms with Gasteiger partial charge in [-0.3, -0.25) is 0 Å². The van der Waals surface area contributed by atoms with E-state index in [0.717, 1.165) is 0 Å². The molecule has 1 aromatic heterocycles. The lowest BCUT2D eigenvalue weighted by molar-refractivity contribution is -0.157. The molecule has 0 aliphatic rings. The second kappa shape index (κ2) is 5.65. The van der Waals surface area contributed by atoms with Crippen LogP contribution in [0, 0.1) is 5.82 Å². The maximum atomic E-state index is 13.7. The summed E-state index contributed by atoms with van der Waals surface area (Å²) < 4.78 is 23.9. The first-order chi connectivity index (χ1) is 9.78. The van der Waals surface area contributed by atoms with Gasteiger partial charge in [0.1, 0.15) is 17.1 Å². The molecule has 1 heterocycles. The van der Waals surface area contributed by atoms with E-state index in [1.807, 2.05) is 0 Å². The highest BCUT2D eigenvalue weighted by Crippen LogP contribution is 2.25. The predicted molar refractivity (Wildman–Crippen MR) is 74.7 cm³/mol. The molecule has 1 unspecified atom stereocenters. The van der Waals surface area contributed by atoms with Gasteiger partial charge in [0.05, 0.1) is 0 Å². The summed E-state index contributed by atoms with van der Waals surface area (Å²) in [6.07, 6.45) is 0. The number of halogens is 1. The van der Waals surface area contributed by atoms with Crippen LogP contribution in [0.25, 0.3) is 11.3 Å². The molecule has 21 heavy (non-hydrogen) atoms. The highest BCUT2D eigenvalue weighted by molar-refractivity contribution is 5.77. The first kappa shape index (κ1) is 15.2. The van der Waals surface area contributed by atoms with Crippen LogP contribution >= 0.6 is 0 Å². The SMILES string of the molecule is CC(C)(C)OC(=O)C(N)c1cc(-c2ccccc2F)no1. The molecule has 2 N–H and O–H groups in total. The molecular formula is C15H17FN2O3. The molecule has 5 nitrogen and oxygen atoms in total. The van der Waals surface area contributed by atoms with Crippen molar-refractivity contribution in [2.24, 2.45) is 5.73 Å². The summed E-state index contributed by atoms with van der Waals surface area (Å²) in [5.41, 5.74) is 5.68. The number of hydrogen-bond acceptors (Lipinski definition) is 5. The lowest BCUT2D eigenvalue weighted by atomic mass is 10.1. The van der Waals surface area contributed by atoms with Crippen molar-refractivity contribution in [3.05, 3.63) is 41.9 Å². The van der Waals surface area contributed by atoms with Crippen molar-refractivity contribution in [1.29, 1.82) is 0 Å². The van der Waals surface area contributed by atoms with Gasteiger partial charge in [-0.15, -0.1) is 0 Å². The summed E-state index contributed by atoms with van der Waals surface area (Å²) >= 11 is 0. The Balaban J connectivity index is 2.20. The number of ether oxygens (including phenoxy) is 1. The van der Waals surface area contributed by atoms with Gasteiger partial charge in [0.25, 0.3) is 0 Å². The molecule has 0 amide bonds. The van der Waals surface area contributed by atoms with Gasteiger partial charge in [-0.2, -0.15) is 0 Å². The third-order valence-electron chi connectivity index (χ3n) is 2.65. The van der Waals surface area contributed by atoms with Crippen molar-refractivity contribution < 1.29 is 18.4 Å². The standard InChI is InChI=1S/C15H17FN2O3/c1-15(2,3)20-14(19)13(17)12-8-11(18-21-12)9-6-4-5-7-10(9)16/h4-8,13H,17H2,1-3H3. The number of nitrogens with two attached hydrogens (primary N) is 1. The third kappa shape index (κ3) is 3.66. The largest absolute Gasteiger partial charge is 0.458 e. The van der Waals surface area contributed by atoms with Gasteiger partial charge >= 0.3 is 5.97 Å². The average Bonchev–Trinajstić information content (AvgIpc) is 2.85. The number of nitrogens with zero attached hydrogens (tertiary/aromatic N) is 1. The Labute approximate surface area is 121 Å². The Morgan fingerprint density at radius 2 is 2.05 bits per heavy atom. The van der Waals surface area contributed by atoms with E-state index in [1.54, 1.807) is 39.0 Å². The van der Waals surface area contributed by atoms with Gasteiger partial charge in [0.15, 0.2) is 11.8 Å². The molecule has 0 bridgehead atoms. The van der Waals surface area contributed by atoms with Gasteiger partial charge in [-0.1, -0.05) is 17.3 Å². The molecule has 0 radical (unpaired) electrons. The van der Waals surface area contributed by atoms with Gasteiger partial charge in [0.2, 0.25) is 0 Å². The number of aromatic nitrogens is 1. The molecule has 112 valence electrons. The minimum atomic E-state index is -1.10. The van der Waals surface area contributed by atoms with Crippen molar-refractivity contribution in [2.75, 3.05) is 0 Å². The molecule has 2 rings (SSSR count). The van der Waals surface area contributed by atoms with E-state index >= 15 is 0 Å². The van der Waals surface area contributed by atoms with Crippen LogP contribution in [0.4, 0.5) is 4.39 Å². The summed E-state index contributed by atoms with van der Waals surface area (Å²) in [6.45, 7) is 5.22. The van der Waals surface area contributed by atoms with Crippen LogP contribution in [0.3, 0.4) is 0 Å². The molecular weight excluding hydrogens is 275 g/mol. The zero-order valence-electron chi connectivity index (χ0n) is 12.1. The lowest BCUT2D eigenvalue weighted by Gasteiger charge is -2.21. The summed E-state index contributed by atoms with van der Waals surface area (Å²) in [4.78, 5) is 11.9. The van der Waals surface area contributed by atoms with Gasteiger partial charge in [-0.25, -0.2) is 9.18 Å². The van der Waals surface area contributed by atoms with Crippen LogP contribution in [-0.4, -0.2) is 16.7 Å². The van der Waals surface area contributed by atoms with Crippen molar-refractivity contribution in [2.45, 2.75) is 32.4 Å². The van der Waals surface area contributed by atoms with Crippen molar-refractivity contribution in [3.8, 4) is 11.3 Å². The van der Waals surface area contributed by atoms with Crippen molar-refractivity contribution in [1.82, 2.24) is 5.16 Å². The molecule has 0 aliphatic carbocycles. The quantitative estimate of drug-likeness (QED) is 0.880. The fourth-order valence-corrected chi connectivity index (χ4v) is 1.71. The third-order valence-corrected chi connectivity index (χ3v) is 2.65. The maximum Gasteiger partial charge on any atom is 0.331 e. The summed E-state index contributed by atoms with van der Waals surface area (Å²) in [6, 6.07) is 6.48. The number of hydrogen-bond donors (Lipinski definition) is 1. The maximum absolute atomic E-state index is 13.7.